The summed E-state index contributed by atoms with van der Waals surface area (Å²) in [6.07, 6.45) is 1.33. The molecule has 9 heavy (non-hydrogen) atoms. The minimum absolute atomic E-state index is 0.144. The van der Waals surface area contributed by atoms with E-state index in [0.29, 0.717) is 0 Å². The summed E-state index contributed by atoms with van der Waals surface area (Å²) < 4.78 is 0. The van der Waals surface area contributed by atoms with Gasteiger partial charge in [-0.05, 0) is 0 Å². The van der Waals surface area contributed by atoms with Gasteiger partial charge in [-0.15, -0.1) is 0 Å². The summed E-state index contributed by atoms with van der Waals surface area (Å²) in [5.41, 5.74) is 0. The highest BCUT2D eigenvalue weighted by molar-refractivity contribution is 5.60. The summed E-state index contributed by atoms with van der Waals surface area (Å²) >= 11 is 0. The van der Waals surface area contributed by atoms with E-state index in [2.05, 4.69) is 19.7 Å². The maximum atomic E-state index is 6.51. The quantitative estimate of drug-likeness (QED) is 0.515. The van der Waals surface area contributed by atoms with Crippen molar-refractivity contribution in [1.29, 1.82) is 0 Å². The fraction of sp³-hybridized carbons (Fsp3) is 0. The molecule has 1 aromatic heterocycles. The van der Waals surface area contributed by atoms with E-state index in [1.165, 1.54) is 6.33 Å². The molecule has 0 radical (unpaired) electrons. The molecule has 0 saturated carbocycles. The molecule has 4 heteroatoms. The van der Waals surface area contributed by atoms with Crippen LogP contribution < -0.4 is 0 Å². The Hall–Kier alpha value is -1.81. The number of nitrogens with zero attached hydrogens (tertiary/aromatic N) is 3. The number of hydrogen-bond donors (Lipinski definition) is 1. The van der Waals surface area contributed by atoms with Crippen molar-refractivity contribution in [2.24, 2.45) is 0 Å². The van der Waals surface area contributed by atoms with E-state index in [0.717, 1.165) is 0 Å². The zero-order valence-corrected chi connectivity index (χ0v) is 4.42. The third kappa shape index (κ3) is 0.731. The second-order valence-electron chi connectivity index (χ2n) is 1.30. The molecule has 0 aromatic carbocycles. The lowest BCUT2D eigenvalue weighted by atomic mass is 10.7. The Kier molecular flexibility index (Phi) is 1.17. The molecule has 1 N–H and O–H groups in total. The molecule has 1 aromatic rings. The van der Waals surface area contributed by atoms with Gasteiger partial charge in [-0.3, -0.25) is 4.98 Å². The van der Waals surface area contributed by atoms with E-state index in [1.807, 2.05) is 0 Å². The smallest absolute Gasteiger partial charge is 0.293 e. The maximum Gasteiger partial charge on any atom is 0.293 e. The largest absolute Gasteiger partial charge is 0.373 e. The van der Waals surface area contributed by atoms with Crippen molar-refractivity contribution < 1.29 is 0 Å². The Morgan fingerprint density at radius 2 is 2.22 bits per heavy atom. The maximum absolute atomic E-state index is 6.51. The summed E-state index contributed by atoms with van der Waals surface area (Å²) in [4.78, 5) is 12.1. The van der Waals surface area contributed by atoms with Crippen molar-refractivity contribution in [2.75, 3.05) is 0 Å². The van der Waals surface area contributed by atoms with E-state index >= 15 is 0 Å². The molecule has 0 saturated heterocycles. The Balaban J connectivity index is 3.22. The average Bonchev–Trinajstić information content (AvgIpc) is 2.33. The zero-order valence-electron chi connectivity index (χ0n) is 4.42. The van der Waals surface area contributed by atoms with Gasteiger partial charge in [0.25, 0.3) is 18.0 Å². The van der Waals surface area contributed by atoms with Crippen LogP contribution in [0.3, 0.4) is 0 Å². The van der Waals surface area contributed by atoms with Gasteiger partial charge in [-0.1, -0.05) is 18.1 Å². The number of aromatic amines is 1. The Bertz CT molecular complexity index is 256. The van der Waals surface area contributed by atoms with E-state index in [4.69, 9.17) is 13.1 Å². The molecule has 0 amide bonds. The average molecular weight is 118 g/mol. The molecular weight excluding hydrogens is 116 g/mol. The molecule has 0 unspecified atom stereocenters. The van der Waals surface area contributed by atoms with Crippen molar-refractivity contribution in [1.82, 2.24) is 9.97 Å². The minimum Gasteiger partial charge on any atom is -0.373 e. The van der Waals surface area contributed by atoms with E-state index in [9.17, 15) is 0 Å². The molecule has 4 nitrogen and oxygen atoms in total. The third-order valence-corrected chi connectivity index (χ3v) is 0.818. The lowest BCUT2D eigenvalue weighted by Gasteiger charge is -1.78. The molecule has 0 atom stereocenters. The first kappa shape index (κ1) is 5.33. The molecule has 1 rings (SSSR count). The van der Waals surface area contributed by atoms with Gasteiger partial charge >= 0.3 is 0 Å². The fourth-order valence-electron chi connectivity index (χ4n) is 0.444. The second-order valence-corrected chi connectivity index (χ2v) is 1.30. The Labute approximate surface area is 51.8 Å². The Morgan fingerprint density at radius 3 is 2.67 bits per heavy atom. The summed E-state index contributed by atoms with van der Waals surface area (Å²) in [6.45, 7) is 13.0. The van der Waals surface area contributed by atoms with Crippen LogP contribution in [-0.4, -0.2) is 9.97 Å². The van der Waals surface area contributed by atoms with Crippen LogP contribution in [0, 0.1) is 13.1 Å². The predicted molar refractivity (Wildman–Crippen MR) is 31.1 cm³/mol. The SMILES string of the molecule is [C-]#[N+]c1nc[nH]c1[N+]#[C-]. The van der Waals surface area contributed by atoms with Crippen molar-refractivity contribution in [3.8, 4) is 0 Å². The molecule has 42 valence electrons. The summed E-state index contributed by atoms with van der Waals surface area (Å²) in [5, 5.41) is 0. The lowest BCUT2D eigenvalue weighted by Crippen LogP contribution is -1.53. The van der Waals surface area contributed by atoms with Crippen molar-refractivity contribution in [2.45, 2.75) is 0 Å². The molecule has 0 spiro atoms. The van der Waals surface area contributed by atoms with Crippen LogP contribution in [0.25, 0.3) is 9.69 Å². The van der Waals surface area contributed by atoms with Crippen LogP contribution in [0.5, 0.6) is 0 Å². The highest BCUT2D eigenvalue weighted by atomic mass is 15.0. The van der Waals surface area contributed by atoms with Gasteiger partial charge in [-0.2, -0.15) is 0 Å². The monoisotopic (exact) mass is 118 g/mol. The third-order valence-electron chi connectivity index (χ3n) is 0.818. The normalized spacial score (nSPS) is 7.78. The molecular formula is C5H2N4. The molecule has 0 aliphatic rings. The molecule has 0 fully saturated rings. The van der Waals surface area contributed by atoms with Crippen LogP contribution in [0.1, 0.15) is 0 Å². The van der Waals surface area contributed by atoms with Crippen molar-refractivity contribution >= 4 is 11.6 Å². The lowest BCUT2D eigenvalue weighted by molar-refractivity contribution is 1.32. The zero-order chi connectivity index (χ0) is 6.69. The first-order valence-corrected chi connectivity index (χ1v) is 2.16. The summed E-state index contributed by atoms with van der Waals surface area (Å²) in [7, 11) is 0. The fourth-order valence-corrected chi connectivity index (χ4v) is 0.444. The van der Waals surface area contributed by atoms with Gasteiger partial charge in [-0.25, -0.2) is 0 Å². The molecule has 0 bridgehead atoms. The van der Waals surface area contributed by atoms with Crippen LogP contribution in [-0.2, 0) is 0 Å². The highest BCUT2D eigenvalue weighted by Gasteiger charge is 2.01. The standard InChI is InChI=1S/C5H2N4/c1-6-4-5(7-2)9-3-8-4/h3H,(H,8,9). The van der Waals surface area contributed by atoms with Crippen LogP contribution in [0.2, 0.25) is 0 Å². The number of rotatable bonds is 0. The van der Waals surface area contributed by atoms with Gasteiger partial charge in [0.15, 0.2) is 0 Å². The molecule has 1 heterocycles. The van der Waals surface area contributed by atoms with Gasteiger partial charge in [0.05, 0.1) is 0 Å². The first-order chi connectivity index (χ1) is 4.38. The van der Waals surface area contributed by atoms with Crippen molar-refractivity contribution in [3.05, 3.63) is 29.2 Å². The van der Waals surface area contributed by atoms with E-state index < -0.39 is 0 Å². The molecule has 0 aliphatic heterocycles. The second kappa shape index (κ2) is 1.97. The number of nitrogens with one attached hydrogen (secondary N) is 1. The summed E-state index contributed by atoms with van der Waals surface area (Å²) in [6, 6.07) is 0. The van der Waals surface area contributed by atoms with Gasteiger partial charge < -0.3 is 9.69 Å². The minimum atomic E-state index is 0.144. The number of H-pyrrole nitrogens is 1. The van der Waals surface area contributed by atoms with Crippen LogP contribution >= 0.6 is 0 Å². The van der Waals surface area contributed by atoms with Gasteiger partial charge in [0.1, 0.15) is 0 Å². The van der Waals surface area contributed by atoms with Crippen LogP contribution in [0.15, 0.2) is 6.33 Å². The molecule has 0 aliphatic carbocycles. The number of hydrogen-bond acceptors (Lipinski definition) is 1. The first-order valence-electron chi connectivity index (χ1n) is 2.16. The van der Waals surface area contributed by atoms with Gasteiger partial charge in [0, 0.05) is 0 Å². The van der Waals surface area contributed by atoms with Gasteiger partial charge in [0.2, 0.25) is 0 Å². The topological polar surface area (TPSA) is 37.4 Å². The van der Waals surface area contributed by atoms with Crippen molar-refractivity contribution in [3.63, 3.8) is 0 Å². The predicted octanol–water partition coefficient (Wildman–Crippen LogP) is 1.51. The van der Waals surface area contributed by atoms with E-state index in [1.54, 1.807) is 0 Å². The van der Waals surface area contributed by atoms with E-state index in [-0.39, 0.29) is 11.6 Å². The summed E-state index contributed by atoms with van der Waals surface area (Å²) in [5.74, 6) is 0.356. The Morgan fingerprint density at radius 1 is 1.44 bits per heavy atom. The number of aromatic nitrogens is 2. The highest BCUT2D eigenvalue weighted by Crippen LogP contribution is 2.21. The number of imidazole rings is 1. The van der Waals surface area contributed by atoms with Crippen LogP contribution in [0.4, 0.5) is 11.6 Å².